The van der Waals surface area contributed by atoms with Crippen molar-refractivity contribution in [2.45, 2.75) is 13.3 Å². The van der Waals surface area contributed by atoms with E-state index in [1.165, 1.54) is 11.3 Å². The molecule has 3 rings (SSSR count). The summed E-state index contributed by atoms with van der Waals surface area (Å²) in [6, 6.07) is 5.31. The Morgan fingerprint density at radius 2 is 2.29 bits per heavy atom. The van der Waals surface area contributed by atoms with E-state index < -0.39 is 0 Å². The average Bonchev–Trinajstić information content (AvgIpc) is 3.02. The second-order valence-electron chi connectivity index (χ2n) is 4.47. The molecular formula is C13H13N5O2S. The predicted octanol–water partition coefficient (Wildman–Crippen LogP) is 1.54. The minimum absolute atomic E-state index is 0.149. The Morgan fingerprint density at radius 3 is 3.05 bits per heavy atom. The number of rotatable bonds is 4. The van der Waals surface area contributed by atoms with Gasteiger partial charge in [0.2, 0.25) is 5.89 Å². The van der Waals surface area contributed by atoms with Crippen LogP contribution in [0.3, 0.4) is 0 Å². The van der Waals surface area contributed by atoms with Gasteiger partial charge in [0.25, 0.3) is 5.91 Å². The van der Waals surface area contributed by atoms with Gasteiger partial charge in [0.15, 0.2) is 11.0 Å². The SMILES string of the molecule is Cc1nc(CCNC(=O)c2ccc3nc(N)sc3c2)no1. The Labute approximate surface area is 124 Å². The molecule has 1 amide bonds. The lowest BCUT2D eigenvalue weighted by molar-refractivity contribution is 0.0954. The first kappa shape index (κ1) is 13.5. The van der Waals surface area contributed by atoms with E-state index in [9.17, 15) is 4.79 Å². The highest BCUT2D eigenvalue weighted by Crippen LogP contribution is 2.24. The maximum Gasteiger partial charge on any atom is 0.251 e. The molecule has 0 fully saturated rings. The van der Waals surface area contributed by atoms with E-state index in [1.807, 2.05) is 0 Å². The number of amides is 1. The van der Waals surface area contributed by atoms with Crippen molar-refractivity contribution >= 4 is 32.6 Å². The normalized spacial score (nSPS) is 10.9. The number of nitrogens with one attached hydrogen (secondary N) is 1. The monoisotopic (exact) mass is 303 g/mol. The molecule has 108 valence electrons. The van der Waals surface area contributed by atoms with Gasteiger partial charge in [-0.05, 0) is 18.2 Å². The van der Waals surface area contributed by atoms with Gasteiger partial charge in [-0.3, -0.25) is 4.79 Å². The fourth-order valence-corrected chi connectivity index (χ4v) is 2.69. The fraction of sp³-hybridized carbons (Fsp3) is 0.231. The first-order valence-corrected chi connectivity index (χ1v) is 7.17. The van der Waals surface area contributed by atoms with E-state index in [-0.39, 0.29) is 5.91 Å². The minimum Gasteiger partial charge on any atom is -0.375 e. The summed E-state index contributed by atoms with van der Waals surface area (Å²) in [5.74, 6) is 0.951. The van der Waals surface area contributed by atoms with Crippen LogP contribution in [0, 0.1) is 6.92 Å². The molecular weight excluding hydrogens is 290 g/mol. The number of aryl methyl sites for hydroxylation is 1. The highest BCUT2D eigenvalue weighted by molar-refractivity contribution is 7.22. The number of fused-ring (bicyclic) bond motifs is 1. The molecule has 2 heterocycles. The van der Waals surface area contributed by atoms with E-state index in [1.54, 1.807) is 25.1 Å². The van der Waals surface area contributed by atoms with E-state index >= 15 is 0 Å². The number of aromatic nitrogens is 3. The molecule has 0 aliphatic heterocycles. The maximum atomic E-state index is 12.1. The van der Waals surface area contributed by atoms with Crippen molar-refractivity contribution in [2.75, 3.05) is 12.3 Å². The summed E-state index contributed by atoms with van der Waals surface area (Å²) in [7, 11) is 0. The summed E-state index contributed by atoms with van der Waals surface area (Å²) >= 11 is 1.36. The lowest BCUT2D eigenvalue weighted by Crippen LogP contribution is -2.25. The van der Waals surface area contributed by atoms with Gasteiger partial charge in [0.05, 0.1) is 10.2 Å². The number of anilines is 1. The molecule has 1 aromatic carbocycles. The largest absolute Gasteiger partial charge is 0.375 e. The number of nitrogens with zero attached hydrogens (tertiary/aromatic N) is 3. The molecule has 0 saturated carbocycles. The van der Waals surface area contributed by atoms with E-state index in [0.29, 0.717) is 35.4 Å². The van der Waals surface area contributed by atoms with Gasteiger partial charge in [-0.1, -0.05) is 16.5 Å². The van der Waals surface area contributed by atoms with Gasteiger partial charge in [0, 0.05) is 25.5 Å². The van der Waals surface area contributed by atoms with Crippen LogP contribution in [0.15, 0.2) is 22.7 Å². The molecule has 2 aromatic heterocycles. The van der Waals surface area contributed by atoms with Gasteiger partial charge < -0.3 is 15.6 Å². The number of carbonyl (C=O) groups excluding carboxylic acids is 1. The summed E-state index contributed by atoms with van der Waals surface area (Å²) in [6.07, 6.45) is 0.527. The van der Waals surface area contributed by atoms with E-state index in [0.717, 1.165) is 10.2 Å². The summed E-state index contributed by atoms with van der Waals surface area (Å²) in [5.41, 5.74) is 7.03. The predicted molar refractivity (Wildman–Crippen MR) is 79.1 cm³/mol. The van der Waals surface area contributed by atoms with Crippen LogP contribution in [0.4, 0.5) is 5.13 Å². The van der Waals surface area contributed by atoms with Gasteiger partial charge >= 0.3 is 0 Å². The third kappa shape index (κ3) is 3.00. The van der Waals surface area contributed by atoms with Crippen molar-refractivity contribution < 1.29 is 9.32 Å². The maximum absolute atomic E-state index is 12.1. The van der Waals surface area contributed by atoms with E-state index in [2.05, 4.69) is 20.4 Å². The van der Waals surface area contributed by atoms with Crippen molar-refractivity contribution in [3.8, 4) is 0 Å². The molecule has 0 saturated heterocycles. The molecule has 3 N–H and O–H groups in total. The zero-order chi connectivity index (χ0) is 14.8. The Balaban J connectivity index is 1.63. The quantitative estimate of drug-likeness (QED) is 0.757. The molecule has 0 aliphatic carbocycles. The van der Waals surface area contributed by atoms with Crippen molar-refractivity contribution in [3.05, 3.63) is 35.5 Å². The Bertz CT molecular complexity index is 795. The molecule has 7 nitrogen and oxygen atoms in total. The van der Waals surface area contributed by atoms with Crippen molar-refractivity contribution in [1.29, 1.82) is 0 Å². The van der Waals surface area contributed by atoms with Crippen LogP contribution in [0.5, 0.6) is 0 Å². The second kappa shape index (κ2) is 5.49. The molecule has 0 atom stereocenters. The number of hydrogen-bond acceptors (Lipinski definition) is 7. The van der Waals surface area contributed by atoms with E-state index in [4.69, 9.17) is 10.3 Å². The summed E-state index contributed by atoms with van der Waals surface area (Å²) in [6.45, 7) is 2.17. The zero-order valence-electron chi connectivity index (χ0n) is 11.3. The first-order chi connectivity index (χ1) is 10.1. The van der Waals surface area contributed by atoms with Crippen molar-refractivity contribution in [3.63, 3.8) is 0 Å². The Kier molecular flexibility index (Phi) is 3.53. The van der Waals surface area contributed by atoms with Crippen LogP contribution >= 0.6 is 11.3 Å². The number of benzene rings is 1. The van der Waals surface area contributed by atoms with Crippen LogP contribution in [0.2, 0.25) is 0 Å². The fourth-order valence-electron chi connectivity index (χ4n) is 1.92. The van der Waals surface area contributed by atoms with Gasteiger partial charge in [-0.25, -0.2) is 4.98 Å². The number of hydrogen-bond donors (Lipinski definition) is 2. The number of carbonyl (C=O) groups is 1. The second-order valence-corrected chi connectivity index (χ2v) is 5.53. The molecule has 8 heteroatoms. The van der Waals surface area contributed by atoms with Crippen molar-refractivity contribution in [1.82, 2.24) is 20.4 Å². The lowest BCUT2D eigenvalue weighted by Gasteiger charge is -2.03. The highest BCUT2D eigenvalue weighted by Gasteiger charge is 2.09. The van der Waals surface area contributed by atoms with Crippen LogP contribution in [0.25, 0.3) is 10.2 Å². The lowest BCUT2D eigenvalue weighted by atomic mass is 10.2. The third-order valence-electron chi connectivity index (χ3n) is 2.87. The molecule has 0 unspecified atom stereocenters. The topological polar surface area (TPSA) is 107 Å². The number of nitrogen functional groups attached to an aromatic ring is 1. The molecule has 3 aromatic rings. The van der Waals surface area contributed by atoms with Crippen LogP contribution in [-0.2, 0) is 6.42 Å². The smallest absolute Gasteiger partial charge is 0.251 e. The zero-order valence-corrected chi connectivity index (χ0v) is 12.1. The van der Waals surface area contributed by atoms with Gasteiger partial charge in [-0.2, -0.15) is 4.98 Å². The number of nitrogens with two attached hydrogens (primary N) is 1. The van der Waals surface area contributed by atoms with Crippen molar-refractivity contribution in [2.24, 2.45) is 0 Å². The summed E-state index contributed by atoms with van der Waals surface area (Å²) in [4.78, 5) is 20.3. The Morgan fingerprint density at radius 1 is 1.43 bits per heavy atom. The van der Waals surface area contributed by atoms with Crippen LogP contribution in [-0.4, -0.2) is 27.6 Å². The summed E-state index contributed by atoms with van der Waals surface area (Å²) in [5, 5.41) is 7.09. The van der Waals surface area contributed by atoms with Crippen LogP contribution in [0.1, 0.15) is 22.1 Å². The highest BCUT2D eigenvalue weighted by atomic mass is 32.1. The van der Waals surface area contributed by atoms with Gasteiger partial charge in [-0.15, -0.1) is 0 Å². The molecule has 21 heavy (non-hydrogen) atoms. The molecule has 0 radical (unpaired) electrons. The molecule has 0 bridgehead atoms. The average molecular weight is 303 g/mol. The molecule has 0 aliphatic rings. The van der Waals surface area contributed by atoms with Gasteiger partial charge in [0.1, 0.15) is 0 Å². The molecule has 0 spiro atoms. The minimum atomic E-state index is -0.149. The summed E-state index contributed by atoms with van der Waals surface area (Å²) < 4.78 is 5.76. The first-order valence-electron chi connectivity index (χ1n) is 6.35. The standard InChI is InChI=1S/C13H13N5O2S/c1-7-16-11(18-20-7)4-5-15-12(19)8-2-3-9-10(6-8)21-13(14)17-9/h2-3,6H,4-5H2,1H3,(H2,14,17)(H,15,19). The third-order valence-corrected chi connectivity index (χ3v) is 3.72. The number of thiazole rings is 1. The van der Waals surface area contributed by atoms with Crippen LogP contribution < -0.4 is 11.1 Å². The Hall–Kier alpha value is -2.48.